The highest BCUT2D eigenvalue weighted by atomic mass is 32.2. The molecule has 1 unspecified atom stereocenters. The fourth-order valence-corrected chi connectivity index (χ4v) is 3.91. The lowest BCUT2D eigenvalue weighted by atomic mass is 10.3. The van der Waals surface area contributed by atoms with E-state index in [4.69, 9.17) is 0 Å². The van der Waals surface area contributed by atoms with Gasteiger partial charge in [-0.15, -0.1) is 0 Å². The van der Waals surface area contributed by atoms with E-state index in [1.54, 1.807) is 0 Å². The van der Waals surface area contributed by atoms with Gasteiger partial charge in [-0.1, -0.05) is 47.1 Å². The molecule has 0 saturated heterocycles. The third-order valence-electron chi connectivity index (χ3n) is 2.90. The van der Waals surface area contributed by atoms with Gasteiger partial charge in [0.05, 0.1) is 11.4 Å². The zero-order valence-electron chi connectivity index (χ0n) is 10.3. The number of hydrogen-bond donors (Lipinski definition) is 0. The smallest absolute Gasteiger partial charge is 0.167 e. The fraction of sp³-hybridized carbons (Fsp3) is 0. The third-order valence-corrected chi connectivity index (χ3v) is 4.86. The van der Waals surface area contributed by atoms with Crippen LogP contribution >= 0.6 is 10.7 Å². The maximum atomic E-state index is 11.2. The predicted molar refractivity (Wildman–Crippen MR) is 81.4 cm³/mol. The van der Waals surface area contributed by atoms with E-state index in [0.29, 0.717) is 5.70 Å². The van der Waals surface area contributed by atoms with Crippen LogP contribution in [-0.4, -0.2) is 11.7 Å². The molecule has 0 spiro atoms. The summed E-state index contributed by atoms with van der Waals surface area (Å²) in [5.41, 5.74) is 1.75. The van der Waals surface area contributed by atoms with Gasteiger partial charge in [-0.2, -0.15) is 0 Å². The number of benzene rings is 2. The Hall–Kier alpha value is -2.13. The van der Waals surface area contributed by atoms with Gasteiger partial charge in [-0.05, 0) is 35.7 Å². The number of para-hydroxylation sites is 1. The van der Waals surface area contributed by atoms with Crippen LogP contribution in [-0.2, 0) is 4.79 Å². The minimum atomic E-state index is -0.225. The van der Waals surface area contributed by atoms with Crippen molar-refractivity contribution in [2.45, 2.75) is 4.90 Å². The summed E-state index contributed by atoms with van der Waals surface area (Å²) in [7, 11) is -0.225. The lowest BCUT2D eigenvalue weighted by molar-refractivity contribution is -0.104. The summed E-state index contributed by atoms with van der Waals surface area (Å²) in [5.74, 6) is 0. The molecule has 3 rings (SSSR count). The largest absolute Gasteiger partial charge is 0.296 e. The summed E-state index contributed by atoms with van der Waals surface area (Å²) in [6.07, 6.45) is 2.82. The van der Waals surface area contributed by atoms with Crippen LogP contribution < -0.4 is 4.31 Å². The molecule has 94 valence electrons. The Morgan fingerprint density at radius 3 is 2.16 bits per heavy atom. The Morgan fingerprint density at radius 1 is 0.895 bits per heavy atom. The van der Waals surface area contributed by atoms with Gasteiger partial charge in [0, 0.05) is 4.90 Å². The summed E-state index contributed by atoms with van der Waals surface area (Å²) in [6, 6.07) is 20.3. The number of carbonyl (C=O) groups is 1. The Labute approximate surface area is 115 Å². The molecule has 0 fully saturated rings. The Balaban J connectivity index is 2.05. The molecule has 3 heteroatoms. The molecule has 0 aromatic heterocycles. The number of rotatable bonds is 3. The van der Waals surface area contributed by atoms with Crippen molar-refractivity contribution < 1.29 is 4.79 Å². The van der Waals surface area contributed by atoms with Gasteiger partial charge in [0.25, 0.3) is 0 Å². The van der Waals surface area contributed by atoms with Crippen molar-refractivity contribution in [3.8, 4) is 0 Å². The van der Waals surface area contributed by atoms with Crippen molar-refractivity contribution in [3.63, 3.8) is 0 Å². The van der Waals surface area contributed by atoms with Gasteiger partial charge in [0.1, 0.15) is 0 Å². The van der Waals surface area contributed by atoms with E-state index in [1.807, 2.05) is 54.6 Å². The SMILES string of the molecule is O=CC1=CC=S(c2ccccc2)N1c1ccccc1. The first-order chi connectivity index (χ1) is 9.40. The minimum Gasteiger partial charge on any atom is -0.296 e. The Morgan fingerprint density at radius 2 is 1.53 bits per heavy atom. The molecule has 0 radical (unpaired) electrons. The number of carbonyl (C=O) groups excluding carboxylic acids is 1. The van der Waals surface area contributed by atoms with Gasteiger partial charge in [-0.3, -0.25) is 9.10 Å². The first-order valence-corrected chi connectivity index (χ1v) is 7.28. The quantitative estimate of drug-likeness (QED) is 0.625. The van der Waals surface area contributed by atoms with E-state index in [9.17, 15) is 4.79 Å². The van der Waals surface area contributed by atoms with E-state index in [-0.39, 0.29) is 10.7 Å². The summed E-state index contributed by atoms with van der Waals surface area (Å²) < 4.78 is 2.09. The molecule has 19 heavy (non-hydrogen) atoms. The van der Waals surface area contributed by atoms with Crippen molar-refractivity contribution in [3.05, 3.63) is 72.4 Å². The second-order valence-electron chi connectivity index (χ2n) is 4.10. The van der Waals surface area contributed by atoms with Crippen LogP contribution in [0.25, 0.3) is 0 Å². The summed E-state index contributed by atoms with van der Waals surface area (Å²) in [5, 5.41) is 2.09. The summed E-state index contributed by atoms with van der Waals surface area (Å²) in [4.78, 5) is 12.5. The van der Waals surface area contributed by atoms with Crippen molar-refractivity contribution in [1.29, 1.82) is 0 Å². The lowest BCUT2D eigenvalue weighted by Crippen LogP contribution is -2.13. The molecule has 0 aliphatic carbocycles. The topological polar surface area (TPSA) is 20.3 Å². The van der Waals surface area contributed by atoms with E-state index < -0.39 is 0 Å². The van der Waals surface area contributed by atoms with Crippen molar-refractivity contribution in [1.82, 2.24) is 0 Å². The van der Waals surface area contributed by atoms with Crippen LogP contribution in [0.3, 0.4) is 0 Å². The molecule has 0 bridgehead atoms. The molecule has 1 aliphatic heterocycles. The molecule has 1 aliphatic rings. The first-order valence-electron chi connectivity index (χ1n) is 6.04. The van der Waals surface area contributed by atoms with Gasteiger partial charge >= 0.3 is 0 Å². The molecule has 0 saturated carbocycles. The maximum Gasteiger partial charge on any atom is 0.167 e. The molecule has 1 heterocycles. The highest BCUT2D eigenvalue weighted by Gasteiger charge is 2.20. The van der Waals surface area contributed by atoms with E-state index in [1.165, 1.54) is 4.90 Å². The van der Waals surface area contributed by atoms with Crippen LogP contribution in [0, 0.1) is 0 Å². The Bertz CT molecular complexity index is 647. The highest BCUT2D eigenvalue weighted by Crippen LogP contribution is 2.40. The number of nitrogens with zero attached hydrogens (tertiary/aromatic N) is 1. The maximum absolute atomic E-state index is 11.2. The molecule has 1 atom stereocenters. The second kappa shape index (κ2) is 5.24. The average molecular weight is 267 g/mol. The zero-order valence-corrected chi connectivity index (χ0v) is 11.1. The van der Waals surface area contributed by atoms with Crippen LogP contribution in [0.2, 0.25) is 0 Å². The van der Waals surface area contributed by atoms with Crippen molar-refractivity contribution in [2.75, 3.05) is 4.31 Å². The number of aldehydes is 1. The normalized spacial score (nSPS) is 17.8. The van der Waals surface area contributed by atoms with Crippen LogP contribution in [0.5, 0.6) is 0 Å². The zero-order chi connectivity index (χ0) is 13.1. The monoisotopic (exact) mass is 267 g/mol. The molecule has 2 nitrogen and oxygen atoms in total. The standard InChI is InChI=1S/C16H13NOS/c18-13-15-11-12-19(16-9-5-2-6-10-16)17(15)14-7-3-1-4-8-14/h1-13H. The van der Waals surface area contributed by atoms with Gasteiger partial charge < -0.3 is 0 Å². The lowest BCUT2D eigenvalue weighted by Gasteiger charge is -2.24. The summed E-state index contributed by atoms with van der Waals surface area (Å²) in [6.45, 7) is 0. The highest BCUT2D eigenvalue weighted by molar-refractivity contribution is 8.16. The molecular formula is C16H13NOS. The number of hydrogen-bond acceptors (Lipinski definition) is 2. The average Bonchev–Trinajstić information content (AvgIpc) is 2.93. The van der Waals surface area contributed by atoms with Gasteiger partial charge in [0.2, 0.25) is 0 Å². The predicted octanol–water partition coefficient (Wildman–Crippen LogP) is 3.63. The minimum absolute atomic E-state index is 0.225. The second-order valence-corrected chi connectivity index (χ2v) is 5.84. The van der Waals surface area contributed by atoms with Gasteiger partial charge in [0.15, 0.2) is 6.29 Å². The number of allylic oxidation sites excluding steroid dienone is 2. The molecule has 0 N–H and O–H groups in total. The molecule has 0 amide bonds. The Kier molecular flexibility index (Phi) is 3.29. The van der Waals surface area contributed by atoms with Crippen LogP contribution in [0.1, 0.15) is 0 Å². The molecule has 2 aromatic carbocycles. The third kappa shape index (κ3) is 2.25. The van der Waals surface area contributed by atoms with E-state index >= 15 is 0 Å². The summed E-state index contributed by atoms with van der Waals surface area (Å²) >= 11 is 0. The van der Waals surface area contributed by atoms with E-state index in [2.05, 4.69) is 21.8 Å². The fourth-order valence-electron chi connectivity index (χ4n) is 2.03. The van der Waals surface area contributed by atoms with Crippen LogP contribution in [0.4, 0.5) is 5.69 Å². The molecular weight excluding hydrogens is 254 g/mol. The van der Waals surface area contributed by atoms with Gasteiger partial charge in [-0.25, -0.2) is 0 Å². The molecule has 2 aromatic rings. The van der Waals surface area contributed by atoms with Crippen molar-refractivity contribution in [2.24, 2.45) is 0 Å². The number of anilines is 1. The first kappa shape index (κ1) is 11.9. The van der Waals surface area contributed by atoms with Crippen LogP contribution in [0.15, 0.2) is 77.3 Å². The van der Waals surface area contributed by atoms with Crippen molar-refractivity contribution >= 4 is 28.0 Å². The van der Waals surface area contributed by atoms with E-state index in [0.717, 1.165) is 12.0 Å².